The van der Waals surface area contributed by atoms with E-state index in [9.17, 15) is 89.3 Å². The molecule has 5 aliphatic heterocycles. The van der Waals surface area contributed by atoms with Crippen LogP contribution in [0.4, 0.5) is 10.1 Å². The number of piperazine rings is 1. The molecule has 5 fully saturated rings. The second-order valence-corrected chi connectivity index (χ2v) is 32.9. The van der Waals surface area contributed by atoms with Crippen LogP contribution in [0.5, 0.6) is 11.5 Å². The van der Waals surface area contributed by atoms with Gasteiger partial charge in [0, 0.05) is 81.9 Å². The molecule has 0 bridgehead atoms. The van der Waals surface area contributed by atoms with E-state index in [-0.39, 0.29) is 77.7 Å². The van der Waals surface area contributed by atoms with Crippen LogP contribution < -0.4 is 20.8 Å². The number of esters is 1. The number of benzene rings is 2. The number of carbonyl (C=O) groups is 5. The number of halogens is 1. The van der Waals surface area contributed by atoms with E-state index < -0.39 is 189 Å². The number of hydrogen-bond donors (Lipinski definition) is 12. The van der Waals surface area contributed by atoms with Gasteiger partial charge in [-0.1, -0.05) is 39.8 Å². The molecule has 1 aromatic heterocycles. The fourth-order valence-electron chi connectivity index (χ4n) is 18.0. The van der Waals surface area contributed by atoms with E-state index in [1.54, 1.807) is 65.2 Å². The maximum atomic E-state index is 15.0. The fourth-order valence-corrected chi connectivity index (χ4v) is 18.0. The summed E-state index contributed by atoms with van der Waals surface area (Å²) in [6.07, 6.45) is -8.44. The Morgan fingerprint density at radius 2 is 1.46 bits per heavy atom. The molecule has 15 N–H and O–H groups in total. The summed E-state index contributed by atoms with van der Waals surface area (Å²) in [5.74, 6) is -13.0. The number of cyclic esters (lactones) is 1. The van der Waals surface area contributed by atoms with Crippen LogP contribution in [0.25, 0.3) is 16.7 Å². The van der Waals surface area contributed by atoms with E-state index in [1.165, 1.54) is 45.3 Å². The third-order valence-corrected chi connectivity index (χ3v) is 24.4. The van der Waals surface area contributed by atoms with Crippen molar-refractivity contribution >= 4 is 51.8 Å². The largest absolute Gasteiger partial charge is 0.508 e. The number of aromatic hydroxyl groups is 1. The zero-order valence-corrected chi connectivity index (χ0v) is 66.9. The van der Waals surface area contributed by atoms with E-state index in [0.717, 1.165) is 19.2 Å². The number of aliphatic hydroxyl groups is 9. The molecule has 622 valence electrons. The zero-order valence-electron chi connectivity index (χ0n) is 66.9. The number of primary amides is 1. The molecule has 1 amide bonds. The van der Waals surface area contributed by atoms with Gasteiger partial charge in [-0.15, -0.1) is 0 Å². The summed E-state index contributed by atoms with van der Waals surface area (Å²) in [7, 11) is 12.1. The number of aromatic carboxylic acids is 1. The molecule has 32 nitrogen and oxygen atoms in total. The van der Waals surface area contributed by atoms with E-state index >= 15 is 0 Å². The molecule has 25 atom stereocenters. The van der Waals surface area contributed by atoms with Gasteiger partial charge in [0.05, 0.1) is 82.1 Å². The van der Waals surface area contributed by atoms with Crippen LogP contribution >= 0.6 is 0 Å². The van der Waals surface area contributed by atoms with Gasteiger partial charge in [-0.2, -0.15) is 0 Å². The molecular weight excluding hydrogens is 1450 g/mol. The van der Waals surface area contributed by atoms with Gasteiger partial charge in [0.15, 0.2) is 35.5 Å². The zero-order chi connectivity index (χ0) is 82.1. The van der Waals surface area contributed by atoms with Gasteiger partial charge in [0.2, 0.25) is 11.2 Å². The number of methoxy groups -OCH3 is 1. The first-order valence-electron chi connectivity index (χ1n) is 37.7. The van der Waals surface area contributed by atoms with Gasteiger partial charge in [-0.25, -0.2) is 9.18 Å². The molecule has 0 spiro atoms. The molecule has 111 heavy (non-hydrogen) atoms. The summed E-state index contributed by atoms with van der Waals surface area (Å²) < 4.78 is 60.1. The van der Waals surface area contributed by atoms with Crippen LogP contribution in [0.1, 0.15) is 142 Å². The Hall–Kier alpha value is -6.87. The van der Waals surface area contributed by atoms with Crippen molar-refractivity contribution in [2.75, 3.05) is 93.6 Å². The van der Waals surface area contributed by atoms with E-state index in [1.807, 2.05) is 70.6 Å². The number of likely N-dealkylation sites (N-methyl/N-ethyl adjacent to an activating group) is 4. The average Bonchev–Trinajstić information content (AvgIpc) is 0.694. The molecule has 11 rings (SSSR count). The second kappa shape index (κ2) is 34.3. The van der Waals surface area contributed by atoms with Crippen LogP contribution in [-0.2, 0) is 47.6 Å². The maximum absolute atomic E-state index is 15.0. The lowest BCUT2D eigenvalue weighted by atomic mass is 9.54. The average molecular weight is 1570 g/mol. The number of aliphatic hydroxyl groups excluding tert-OH is 6. The van der Waals surface area contributed by atoms with Crippen LogP contribution in [0.15, 0.2) is 52.2 Å². The van der Waals surface area contributed by atoms with Gasteiger partial charge >= 0.3 is 11.9 Å². The summed E-state index contributed by atoms with van der Waals surface area (Å²) in [4.78, 5) is 86.1. The lowest BCUT2D eigenvalue weighted by molar-refractivity contribution is -0.318. The SMILES string of the molecule is CC1COc2c(N3CCN(C)CC3)c(F)cc3c(=O)c(C(=O)O)cn1c23.CC[C@H]1OC(=O)[C@H](C)[C@@H](O[C@H]2C[C@@](C)(OC)[C@@H](O)[C@H](C)O2)[C@H](C)[C@@H](O[C@@H]2O[C@H](C)C[C@H](N(C)C)[C@H]2O)[C@](C)(O)C[C@@H](C)CN(C)[C@H](C)[C@@H](O)[C@]1(C)O.C[C@H]1c2cccc(O)c2C(O)=C2C(=O)[C@]3(O)C(O)=C(C(N)=O)C(=O)[C@@H](N(C)C)[C@@H]3[C@@H](O)[C@@H]21.O. The van der Waals surface area contributed by atoms with Crippen molar-refractivity contribution in [3.8, 4) is 11.5 Å². The van der Waals surface area contributed by atoms with Gasteiger partial charge in [-0.3, -0.25) is 28.9 Å². The van der Waals surface area contributed by atoms with Gasteiger partial charge in [0.1, 0.15) is 70.7 Å². The first-order valence-corrected chi connectivity index (χ1v) is 37.7. The molecule has 6 heterocycles. The van der Waals surface area contributed by atoms with Crippen molar-refractivity contribution in [3.05, 3.63) is 80.1 Å². The number of phenolic OH excluding ortho intramolecular Hbond substituents is 1. The Morgan fingerprint density at radius 1 is 0.829 bits per heavy atom. The highest BCUT2D eigenvalue weighted by Crippen LogP contribution is 2.56. The van der Waals surface area contributed by atoms with Crippen LogP contribution in [0.2, 0.25) is 0 Å². The van der Waals surface area contributed by atoms with Crippen LogP contribution in [0, 0.1) is 35.4 Å². The number of nitrogens with zero attached hydrogens (tertiary/aromatic N) is 6. The lowest BCUT2D eigenvalue weighted by Crippen LogP contribution is -2.70. The number of rotatable bonds is 11. The predicted molar refractivity (Wildman–Crippen MR) is 403 cm³/mol. The van der Waals surface area contributed by atoms with Crippen molar-refractivity contribution in [1.82, 2.24) is 24.2 Å². The number of phenols is 1. The number of carbonyl (C=O) groups excluding carboxylic acids is 4. The minimum Gasteiger partial charge on any atom is -0.508 e. The number of carboxylic acid groups (broad SMARTS) is 1. The monoisotopic (exact) mass is 1570 g/mol. The summed E-state index contributed by atoms with van der Waals surface area (Å²) in [6.45, 7) is 24.8. The predicted octanol–water partition coefficient (Wildman–Crippen LogP) is 2.12. The quantitative estimate of drug-likeness (QED) is 0.0966. The standard InChI is InChI=1S/C38H72N2O12.C22H24N2O8.C18H20FN3O4.H2O/c1-15-27-38(10,46)31(42)24(6)40(13)19-20(2)17-36(8,45)33(52-35-29(41)26(39(11)12)16-21(3)48-35)22(4)30(23(5)34(44)50-27)51-28-18-37(9,47-14)32(43)25(7)49-28;1-7-8-5-4-6-9(25)11(8)16(26)12-10(7)17(27)14-15(24(2)3)18(28)13(21(23)31)20(30)22(14,32)19(12)29;1-10-9-26-17-14-11(16(23)12(18(24)25)8-22(10)14)7-13(19)15(17)21-5-3-20(2)4-6-21;/h20-33,35,41-43,45-46H,15-19H2,1-14H3;4-7,10,14-15,17,25-27,30,32H,1-3H3,(H2,23,31);7-8,10H,3-6,9H2,1-2H3,(H,24,25);1H2/t20-,21-,22+,23-,24-,25+,26+,27-,28+,29-,30+,31-,32+,33-,35+,36-,37-,38-;7-,10+,14+,15-,17-,22-;;/m10../s1. The first-order chi connectivity index (χ1) is 51.2. The third-order valence-electron chi connectivity index (χ3n) is 24.4. The molecule has 3 aromatic rings. The Morgan fingerprint density at radius 3 is 2.04 bits per heavy atom. The number of aromatic nitrogens is 1. The summed E-state index contributed by atoms with van der Waals surface area (Å²) >= 11 is 0. The number of fused-ring (bicyclic) bond motifs is 3. The van der Waals surface area contributed by atoms with Crippen molar-refractivity contribution < 1.29 is 123 Å². The second-order valence-electron chi connectivity index (χ2n) is 32.9. The van der Waals surface area contributed by atoms with E-state index in [4.69, 9.17) is 38.9 Å². The van der Waals surface area contributed by atoms with Crippen molar-refractivity contribution in [3.63, 3.8) is 0 Å². The number of ether oxygens (including phenoxy) is 7. The smallest absolute Gasteiger partial charge is 0.341 e. The Bertz CT molecular complexity index is 4050. The molecule has 1 saturated carbocycles. The number of ketones is 2. The fraction of sp³-hybridized carbons (Fsp3) is 0.692. The molecule has 3 aliphatic carbocycles. The first kappa shape index (κ1) is 89.7. The number of pyridine rings is 1. The summed E-state index contributed by atoms with van der Waals surface area (Å²) in [5, 5.41) is 122. The molecule has 1 unspecified atom stereocenters. The maximum Gasteiger partial charge on any atom is 0.341 e. The van der Waals surface area contributed by atoms with Gasteiger partial charge in [-0.05, 0) is 146 Å². The number of anilines is 1. The molecule has 4 saturated heterocycles. The third kappa shape index (κ3) is 16.7. The van der Waals surface area contributed by atoms with Gasteiger partial charge < -0.3 is 125 Å². The molecule has 0 radical (unpaired) electrons. The summed E-state index contributed by atoms with van der Waals surface area (Å²) in [6, 6.07) is 3.32. The Balaban J connectivity index is 0.000000223. The van der Waals surface area contributed by atoms with Crippen molar-refractivity contribution in [1.29, 1.82) is 0 Å². The van der Waals surface area contributed by atoms with Crippen molar-refractivity contribution in [2.24, 2.45) is 35.3 Å². The minimum atomic E-state index is -2.89. The number of hydrogen-bond acceptors (Lipinski definition) is 28. The highest BCUT2D eigenvalue weighted by molar-refractivity contribution is 6.24. The Labute approximate surface area is 645 Å². The minimum absolute atomic E-state index is 0. The van der Waals surface area contributed by atoms with Crippen LogP contribution in [0.3, 0.4) is 0 Å². The number of amides is 1. The normalized spacial score (nSPS) is 37.9. The number of carboxylic acids is 1. The van der Waals surface area contributed by atoms with Crippen LogP contribution in [-0.4, -0.2) is 312 Å². The number of Topliss-reactive ketones (excluding diaryl/α,β-unsaturated/α-hetero) is 2. The van der Waals surface area contributed by atoms with E-state index in [0.29, 0.717) is 48.6 Å². The van der Waals surface area contributed by atoms with E-state index in [2.05, 4.69) is 4.90 Å². The Kier molecular flexibility index (Phi) is 27.7. The topological polar surface area (TPSA) is 468 Å². The number of nitrogens with two attached hydrogens (primary N) is 1. The van der Waals surface area contributed by atoms with Crippen molar-refractivity contribution in [2.45, 2.75) is 229 Å². The van der Waals surface area contributed by atoms with Gasteiger partial charge in [0.25, 0.3) is 5.91 Å². The highest BCUT2D eigenvalue weighted by Gasteiger charge is 2.68. The molecule has 2 aromatic carbocycles. The molecule has 8 aliphatic rings. The lowest BCUT2D eigenvalue weighted by Gasteiger charge is -2.53. The highest BCUT2D eigenvalue weighted by atomic mass is 19.1. The molecule has 33 heteroatoms. The summed E-state index contributed by atoms with van der Waals surface area (Å²) in [5.41, 5.74) is -3.13. The molecular formula is C78H118FN7O25.